The van der Waals surface area contributed by atoms with Crippen molar-refractivity contribution in [3.05, 3.63) is 71.0 Å². The van der Waals surface area contributed by atoms with Gasteiger partial charge in [0, 0.05) is 54.9 Å². The van der Waals surface area contributed by atoms with Gasteiger partial charge in [0.15, 0.2) is 0 Å². The fraction of sp³-hybridized carbons (Fsp3) is 0.269. The van der Waals surface area contributed by atoms with Gasteiger partial charge in [-0.3, -0.25) is 9.78 Å². The van der Waals surface area contributed by atoms with Crippen LogP contribution in [0, 0.1) is 25.2 Å². The summed E-state index contributed by atoms with van der Waals surface area (Å²) in [7, 11) is 0. The predicted molar refractivity (Wildman–Crippen MR) is 127 cm³/mol. The molecule has 0 aliphatic carbocycles. The topological polar surface area (TPSA) is 76.0 Å². The standard InChI is InChI=1S/C26H25N5O/c1-17-11-18(2)25-22(12-17)26(20(14-27)16-29-25)31-9-7-30(8-10-31)24(32)13-19-15-28-23-6-4-3-5-21(19)23/h3-6,11-12,15-16,28H,7-10,13H2,1-2H3. The third-order valence-corrected chi connectivity index (χ3v) is 6.36. The average Bonchev–Trinajstić information content (AvgIpc) is 3.21. The summed E-state index contributed by atoms with van der Waals surface area (Å²) in [5.74, 6) is 0.140. The molecular formula is C26H25N5O. The maximum atomic E-state index is 13.0. The lowest BCUT2D eigenvalue weighted by Crippen LogP contribution is -2.49. The maximum Gasteiger partial charge on any atom is 0.227 e. The molecule has 1 saturated heterocycles. The van der Waals surface area contributed by atoms with Crippen LogP contribution in [0.15, 0.2) is 48.8 Å². The highest BCUT2D eigenvalue weighted by Gasteiger charge is 2.25. The number of amides is 1. The van der Waals surface area contributed by atoms with Crippen LogP contribution in [0.2, 0.25) is 0 Å². The van der Waals surface area contributed by atoms with Gasteiger partial charge in [-0.2, -0.15) is 5.26 Å². The number of pyridine rings is 1. The number of aromatic amines is 1. The van der Waals surface area contributed by atoms with Crippen LogP contribution in [0.25, 0.3) is 21.8 Å². The number of nitriles is 1. The summed E-state index contributed by atoms with van der Waals surface area (Å²) >= 11 is 0. The van der Waals surface area contributed by atoms with E-state index in [0.29, 0.717) is 38.2 Å². The second-order valence-electron chi connectivity index (χ2n) is 8.51. The number of H-pyrrole nitrogens is 1. The number of nitrogens with one attached hydrogen (secondary N) is 1. The molecule has 32 heavy (non-hydrogen) atoms. The Bertz CT molecular complexity index is 1370. The van der Waals surface area contributed by atoms with E-state index in [-0.39, 0.29) is 5.91 Å². The van der Waals surface area contributed by atoms with E-state index in [1.54, 1.807) is 6.20 Å². The highest BCUT2D eigenvalue weighted by molar-refractivity contribution is 5.97. The Morgan fingerprint density at radius 3 is 2.69 bits per heavy atom. The summed E-state index contributed by atoms with van der Waals surface area (Å²) < 4.78 is 0. The first-order valence-electron chi connectivity index (χ1n) is 10.9. The van der Waals surface area contributed by atoms with E-state index in [1.165, 1.54) is 0 Å². The van der Waals surface area contributed by atoms with Crippen LogP contribution in [-0.4, -0.2) is 47.0 Å². The van der Waals surface area contributed by atoms with E-state index in [4.69, 9.17) is 0 Å². The molecule has 6 heteroatoms. The summed E-state index contributed by atoms with van der Waals surface area (Å²) in [5.41, 5.74) is 6.81. The van der Waals surface area contributed by atoms with Crippen molar-refractivity contribution in [2.75, 3.05) is 31.1 Å². The van der Waals surface area contributed by atoms with Gasteiger partial charge < -0.3 is 14.8 Å². The fourth-order valence-corrected chi connectivity index (χ4v) is 4.80. The summed E-state index contributed by atoms with van der Waals surface area (Å²) in [4.78, 5) is 25.0. The zero-order chi connectivity index (χ0) is 22.2. The molecule has 160 valence electrons. The minimum Gasteiger partial charge on any atom is -0.366 e. The number of anilines is 1. The first-order chi connectivity index (χ1) is 15.5. The zero-order valence-corrected chi connectivity index (χ0v) is 18.4. The lowest BCUT2D eigenvalue weighted by Gasteiger charge is -2.37. The van der Waals surface area contributed by atoms with Gasteiger partial charge in [0.2, 0.25) is 5.91 Å². The van der Waals surface area contributed by atoms with Gasteiger partial charge in [-0.15, -0.1) is 0 Å². The Morgan fingerprint density at radius 1 is 1.12 bits per heavy atom. The van der Waals surface area contributed by atoms with Crippen molar-refractivity contribution >= 4 is 33.4 Å². The number of hydrogen-bond acceptors (Lipinski definition) is 4. The van der Waals surface area contributed by atoms with Crippen LogP contribution in [0.4, 0.5) is 5.69 Å². The van der Waals surface area contributed by atoms with Crippen LogP contribution < -0.4 is 4.90 Å². The van der Waals surface area contributed by atoms with Crippen LogP contribution >= 0.6 is 0 Å². The Balaban J connectivity index is 1.36. The zero-order valence-electron chi connectivity index (χ0n) is 18.4. The molecule has 2 aromatic heterocycles. The number of piperazine rings is 1. The van der Waals surface area contributed by atoms with Gasteiger partial charge in [0.25, 0.3) is 0 Å². The Kier molecular flexibility index (Phi) is 5.02. The lowest BCUT2D eigenvalue weighted by atomic mass is 10.0. The van der Waals surface area contributed by atoms with E-state index in [0.717, 1.165) is 44.2 Å². The SMILES string of the molecule is Cc1cc(C)c2ncc(C#N)c(N3CCN(C(=O)Cc4c[nH]c5ccccc45)CC3)c2c1. The fourth-order valence-electron chi connectivity index (χ4n) is 4.80. The highest BCUT2D eigenvalue weighted by Crippen LogP contribution is 2.32. The smallest absolute Gasteiger partial charge is 0.227 e. The van der Waals surface area contributed by atoms with Gasteiger partial charge in [0.05, 0.1) is 23.2 Å². The molecule has 3 heterocycles. The maximum absolute atomic E-state index is 13.0. The number of aryl methyl sites for hydroxylation is 2. The van der Waals surface area contributed by atoms with Gasteiger partial charge in [-0.05, 0) is 37.1 Å². The van der Waals surface area contributed by atoms with Gasteiger partial charge in [-0.25, -0.2) is 0 Å². The Morgan fingerprint density at radius 2 is 1.91 bits per heavy atom. The number of nitrogens with zero attached hydrogens (tertiary/aromatic N) is 4. The Labute approximate surface area is 187 Å². The molecule has 0 atom stereocenters. The number of aromatic nitrogens is 2. The minimum atomic E-state index is 0.140. The van der Waals surface area contributed by atoms with Crippen molar-refractivity contribution in [3.8, 4) is 6.07 Å². The van der Waals surface area contributed by atoms with E-state index < -0.39 is 0 Å². The lowest BCUT2D eigenvalue weighted by molar-refractivity contribution is -0.130. The predicted octanol–water partition coefficient (Wildman–Crippen LogP) is 4.10. The number of benzene rings is 2. The average molecular weight is 424 g/mol. The minimum absolute atomic E-state index is 0.140. The number of hydrogen-bond donors (Lipinski definition) is 1. The summed E-state index contributed by atoms with van der Waals surface area (Å²) in [6, 6.07) is 14.6. The number of fused-ring (bicyclic) bond motifs is 2. The number of para-hydroxylation sites is 1. The van der Waals surface area contributed by atoms with Crippen molar-refractivity contribution in [2.24, 2.45) is 0 Å². The third kappa shape index (κ3) is 3.46. The van der Waals surface area contributed by atoms with Crippen molar-refractivity contribution in [1.29, 1.82) is 5.26 Å². The van der Waals surface area contributed by atoms with Crippen LogP contribution in [-0.2, 0) is 11.2 Å². The molecule has 5 rings (SSSR count). The number of carbonyl (C=O) groups excluding carboxylic acids is 1. The molecule has 1 aliphatic heterocycles. The summed E-state index contributed by atoms with van der Waals surface area (Å²) in [6.45, 7) is 6.79. The second kappa shape index (κ2) is 8.01. The monoisotopic (exact) mass is 423 g/mol. The molecule has 0 radical (unpaired) electrons. The first kappa shape index (κ1) is 20.1. The first-order valence-corrected chi connectivity index (χ1v) is 10.9. The molecule has 0 bridgehead atoms. The molecule has 4 aromatic rings. The third-order valence-electron chi connectivity index (χ3n) is 6.36. The van der Waals surface area contributed by atoms with Gasteiger partial charge in [0.1, 0.15) is 6.07 Å². The molecule has 0 saturated carbocycles. The summed E-state index contributed by atoms with van der Waals surface area (Å²) in [5, 5.41) is 11.9. The van der Waals surface area contributed by atoms with Gasteiger partial charge >= 0.3 is 0 Å². The normalized spacial score (nSPS) is 14.2. The number of rotatable bonds is 3. The second-order valence-corrected chi connectivity index (χ2v) is 8.51. The van der Waals surface area contributed by atoms with E-state index in [9.17, 15) is 10.1 Å². The van der Waals surface area contributed by atoms with Crippen molar-refractivity contribution < 1.29 is 4.79 Å². The van der Waals surface area contributed by atoms with E-state index >= 15 is 0 Å². The molecule has 1 N–H and O–H groups in total. The molecule has 1 aliphatic rings. The van der Waals surface area contributed by atoms with Crippen LogP contribution in [0.5, 0.6) is 0 Å². The van der Waals surface area contributed by atoms with Crippen molar-refractivity contribution in [3.63, 3.8) is 0 Å². The quantitative estimate of drug-likeness (QED) is 0.538. The van der Waals surface area contributed by atoms with Crippen LogP contribution in [0.1, 0.15) is 22.3 Å². The Hall–Kier alpha value is -3.85. The van der Waals surface area contributed by atoms with E-state index in [2.05, 4.69) is 46.9 Å². The largest absolute Gasteiger partial charge is 0.366 e. The molecule has 2 aromatic carbocycles. The van der Waals surface area contributed by atoms with Crippen molar-refractivity contribution in [1.82, 2.24) is 14.9 Å². The molecule has 0 spiro atoms. The molecular weight excluding hydrogens is 398 g/mol. The van der Waals surface area contributed by atoms with Crippen molar-refractivity contribution in [2.45, 2.75) is 20.3 Å². The van der Waals surface area contributed by atoms with Gasteiger partial charge in [-0.1, -0.05) is 29.8 Å². The number of carbonyl (C=O) groups is 1. The van der Waals surface area contributed by atoms with Crippen LogP contribution in [0.3, 0.4) is 0 Å². The van der Waals surface area contributed by atoms with E-state index in [1.807, 2.05) is 35.4 Å². The molecule has 1 amide bonds. The highest BCUT2D eigenvalue weighted by atomic mass is 16.2. The molecule has 1 fully saturated rings. The molecule has 0 unspecified atom stereocenters. The summed E-state index contributed by atoms with van der Waals surface area (Å²) in [6.07, 6.45) is 4.00. The molecule has 6 nitrogen and oxygen atoms in total.